The molecule has 2 heteroatoms. The van der Waals surface area contributed by atoms with Crippen molar-refractivity contribution in [1.29, 1.82) is 0 Å². The third kappa shape index (κ3) is 10.0. The number of carbonyl (C=O) groups is 1. The molecule has 0 aliphatic rings. The van der Waals surface area contributed by atoms with Crippen LogP contribution in [0.2, 0.25) is 0 Å². The third-order valence-electron chi connectivity index (χ3n) is 2.60. The second-order valence-corrected chi connectivity index (χ2v) is 5.03. The van der Waals surface area contributed by atoms with E-state index >= 15 is 0 Å². The first kappa shape index (κ1) is 16.1. The lowest BCUT2D eigenvalue weighted by atomic mass is 9.99. The van der Waals surface area contributed by atoms with Gasteiger partial charge in [0.15, 0.2) is 5.78 Å². The Morgan fingerprint density at radius 1 is 1.29 bits per heavy atom. The van der Waals surface area contributed by atoms with E-state index in [2.05, 4.69) is 20.8 Å². The fraction of sp³-hybridized carbons (Fsp3) is 0.667. The van der Waals surface area contributed by atoms with E-state index in [1.807, 2.05) is 19.1 Å². The van der Waals surface area contributed by atoms with Crippen molar-refractivity contribution in [2.75, 3.05) is 6.61 Å². The van der Waals surface area contributed by atoms with Crippen LogP contribution in [0.5, 0.6) is 0 Å². The van der Waals surface area contributed by atoms with Gasteiger partial charge in [0.05, 0.1) is 5.60 Å². The zero-order chi connectivity index (χ0) is 13.3. The number of allylic oxidation sites excluding steroid dienone is 4. The van der Waals surface area contributed by atoms with Gasteiger partial charge in [-0.15, -0.1) is 0 Å². The minimum atomic E-state index is -0.0236. The van der Waals surface area contributed by atoms with Crippen molar-refractivity contribution in [3.63, 3.8) is 0 Å². The molecule has 0 atom stereocenters. The number of rotatable bonds is 8. The van der Waals surface area contributed by atoms with E-state index in [-0.39, 0.29) is 11.4 Å². The van der Waals surface area contributed by atoms with Gasteiger partial charge in [0.1, 0.15) is 0 Å². The monoisotopic (exact) mass is 238 g/mol. The topological polar surface area (TPSA) is 26.3 Å². The predicted octanol–water partition coefficient (Wildman–Crippen LogP) is 4.06. The van der Waals surface area contributed by atoms with E-state index in [4.69, 9.17) is 4.74 Å². The molecule has 0 aromatic rings. The van der Waals surface area contributed by atoms with E-state index in [0.717, 1.165) is 25.9 Å². The van der Waals surface area contributed by atoms with Crippen LogP contribution in [0.4, 0.5) is 0 Å². The second kappa shape index (κ2) is 8.24. The van der Waals surface area contributed by atoms with Crippen LogP contribution in [0.1, 0.15) is 53.9 Å². The number of ketones is 1. The van der Waals surface area contributed by atoms with Gasteiger partial charge in [-0.1, -0.05) is 17.7 Å². The maximum Gasteiger partial charge on any atom is 0.152 e. The SMILES string of the molecule is CCOC(C)(C)CCCC(C)=CC=CC(C)=O. The molecule has 0 aliphatic carbocycles. The van der Waals surface area contributed by atoms with Gasteiger partial charge in [0.25, 0.3) is 0 Å². The largest absolute Gasteiger partial charge is 0.376 e. The molecule has 0 amide bonds. The first-order valence-electron chi connectivity index (χ1n) is 6.36. The zero-order valence-electron chi connectivity index (χ0n) is 11.9. The van der Waals surface area contributed by atoms with Crippen LogP contribution in [0.3, 0.4) is 0 Å². The summed E-state index contributed by atoms with van der Waals surface area (Å²) in [7, 11) is 0. The minimum Gasteiger partial charge on any atom is -0.376 e. The number of hydrogen-bond donors (Lipinski definition) is 0. The molecule has 0 aromatic heterocycles. The number of carbonyl (C=O) groups excluding carboxylic acids is 1. The average Bonchev–Trinajstić information content (AvgIpc) is 2.16. The molecular formula is C15H26O2. The zero-order valence-corrected chi connectivity index (χ0v) is 11.9. The van der Waals surface area contributed by atoms with E-state index in [1.54, 1.807) is 13.0 Å². The molecule has 0 saturated heterocycles. The van der Waals surface area contributed by atoms with E-state index in [0.29, 0.717) is 0 Å². The van der Waals surface area contributed by atoms with E-state index < -0.39 is 0 Å². The van der Waals surface area contributed by atoms with Crippen LogP contribution >= 0.6 is 0 Å². The Balaban J connectivity index is 3.92. The summed E-state index contributed by atoms with van der Waals surface area (Å²) in [6.07, 6.45) is 8.65. The lowest BCUT2D eigenvalue weighted by molar-refractivity contribution is -0.112. The van der Waals surface area contributed by atoms with Crippen molar-refractivity contribution in [1.82, 2.24) is 0 Å². The lowest BCUT2D eigenvalue weighted by Gasteiger charge is -2.24. The molecule has 0 radical (unpaired) electrons. The maximum absolute atomic E-state index is 10.7. The van der Waals surface area contributed by atoms with E-state index in [1.165, 1.54) is 5.57 Å². The van der Waals surface area contributed by atoms with Gasteiger partial charge in [-0.3, -0.25) is 4.79 Å². The first-order chi connectivity index (χ1) is 7.87. The smallest absolute Gasteiger partial charge is 0.152 e. The molecule has 0 spiro atoms. The summed E-state index contributed by atoms with van der Waals surface area (Å²) < 4.78 is 5.65. The Hall–Kier alpha value is -0.890. The Morgan fingerprint density at radius 2 is 1.94 bits per heavy atom. The summed E-state index contributed by atoms with van der Waals surface area (Å²) in [4.78, 5) is 10.7. The fourth-order valence-electron chi connectivity index (χ4n) is 1.69. The van der Waals surface area contributed by atoms with Gasteiger partial charge in [-0.25, -0.2) is 0 Å². The Kier molecular flexibility index (Phi) is 7.81. The summed E-state index contributed by atoms with van der Waals surface area (Å²) >= 11 is 0. The molecule has 0 aromatic carbocycles. The summed E-state index contributed by atoms with van der Waals surface area (Å²) in [6.45, 7) is 10.7. The molecule has 17 heavy (non-hydrogen) atoms. The van der Waals surface area contributed by atoms with Crippen LogP contribution in [0.25, 0.3) is 0 Å². The Morgan fingerprint density at radius 3 is 2.47 bits per heavy atom. The average molecular weight is 238 g/mol. The lowest BCUT2D eigenvalue weighted by Crippen LogP contribution is -2.24. The van der Waals surface area contributed by atoms with Gasteiger partial charge >= 0.3 is 0 Å². The molecule has 0 heterocycles. The molecule has 0 saturated carbocycles. The normalized spacial score (nSPS) is 13.4. The van der Waals surface area contributed by atoms with Crippen molar-refractivity contribution in [3.05, 3.63) is 23.8 Å². The standard InChI is InChI=1S/C15H26O2/c1-6-17-15(4,5)12-8-10-13(2)9-7-11-14(3)16/h7,9,11H,6,8,10,12H2,1-5H3. The molecule has 0 aliphatic heterocycles. The highest BCUT2D eigenvalue weighted by atomic mass is 16.5. The highest BCUT2D eigenvalue weighted by Gasteiger charge is 2.16. The molecule has 0 unspecified atom stereocenters. The summed E-state index contributed by atoms with van der Waals surface area (Å²) in [5.41, 5.74) is 1.28. The van der Waals surface area contributed by atoms with Crippen LogP contribution in [0.15, 0.2) is 23.8 Å². The van der Waals surface area contributed by atoms with Crippen molar-refractivity contribution < 1.29 is 9.53 Å². The van der Waals surface area contributed by atoms with Gasteiger partial charge in [-0.2, -0.15) is 0 Å². The third-order valence-corrected chi connectivity index (χ3v) is 2.60. The molecule has 98 valence electrons. The number of ether oxygens (including phenoxy) is 1. The first-order valence-corrected chi connectivity index (χ1v) is 6.36. The van der Waals surface area contributed by atoms with Crippen molar-refractivity contribution >= 4 is 5.78 Å². The molecule has 0 bridgehead atoms. The highest BCUT2D eigenvalue weighted by Crippen LogP contribution is 2.19. The van der Waals surface area contributed by atoms with E-state index in [9.17, 15) is 4.79 Å². The van der Waals surface area contributed by atoms with Crippen LogP contribution in [-0.2, 0) is 9.53 Å². The fourth-order valence-corrected chi connectivity index (χ4v) is 1.69. The maximum atomic E-state index is 10.7. The Bertz CT molecular complexity index is 285. The van der Waals surface area contributed by atoms with Gasteiger partial charge in [0, 0.05) is 6.61 Å². The van der Waals surface area contributed by atoms with Gasteiger partial charge in [-0.05, 0) is 60.0 Å². The van der Waals surface area contributed by atoms with Crippen molar-refractivity contribution in [2.45, 2.75) is 59.5 Å². The van der Waals surface area contributed by atoms with Crippen LogP contribution in [-0.4, -0.2) is 18.0 Å². The Labute approximate surface area is 106 Å². The quantitative estimate of drug-likeness (QED) is 0.471. The van der Waals surface area contributed by atoms with Crippen LogP contribution in [0, 0.1) is 0 Å². The molecule has 0 rings (SSSR count). The van der Waals surface area contributed by atoms with Gasteiger partial charge in [0.2, 0.25) is 0 Å². The molecule has 0 N–H and O–H groups in total. The summed E-state index contributed by atoms with van der Waals surface area (Å²) in [5.74, 6) is 0.0894. The number of hydrogen-bond acceptors (Lipinski definition) is 2. The van der Waals surface area contributed by atoms with Crippen molar-refractivity contribution in [2.24, 2.45) is 0 Å². The van der Waals surface area contributed by atoms with Gasteiger partial charge < -0.3 is 4.74 Å². The summed E-state index contributed by atoms with van der Waals surface area (Å²) in [5, 5.41) is 0. The molecular weight excluding hydrogens is 212 g/mol. The summed E-state index contributed by atoms with van der Waals surface area (Å²) in [6, 6.07) is 0. The molecule has 2 nitrogen and oxygen atoms in total. The second-order valence-electron chi connectivity index (χ2n) is 5.03. The highest BCUT2D eigenvalue weighted by molar-refractivity contribution is 5.87. The predicted molar refractivity (Wildman–Crippen MR) is 73.1 cm³/mol. The molecule has 0 fully saturated rings. The van der Waals surface area contributed by atoms with Crippen LogP contribution < -0.4 is 0 Å². The van der Waals surface area contributed by atoms with Crippen molar-refractivity contribution in [3.8, 4) is 0 Å². The minimum absolute atomic E-state index is 0.0236.